The number of nitrogens with zero attached hydrogens (tertiary/aromatic N) is 5. The number of rotatable bonds is 1. The molecular formula is C10H6BrN5. The van der Waals surface area contributed by atoms with Gasteiger partial charge in [-0.15, -0.1) is 0 Å². The molecule has 3 aromatic heterocycles. The summed E-state index contributed by atoms with van der Waals surface area (Å²) in [4.78, 5) is 12.5. The van der Waals surface area contributed by atoms with Gasteiger partial charge in [-0.25, -0.2) is 9.67 Å². The Morgan fingerprint density at radius 3 is 3.00 bits per heavy atom. The third kappa shape index (κ3) is 1.47. The van der Waals surface area contributed by atoms with E-state index >= 15 is 0 Å². The third-order valence-electron chi connectivity index (χ3n) is 2.19. The van der Waals surface area contributed by atoms with Crippen LogP contribution in [0, 0.1) is 0 Å². The molecule has 6 heteroatoms. The van der Waals surface area contributed by atoms with E-state index in [0.717, 1.165) is 21.2 Å². The fourth-order valence-corrected chi connectivity index (χ4v) is 1.83. The van der Waals surface area contributed by atoms with Crippen LogP contribution < -0.4 is 0 Å². The highest BCUT2D eigenvalue weighted by atomic mass is 79.9. The van der Waals surface area contributed by atoms with Crippen LogP contribution in [0.2, 0.25) is 0 Å². The molecule has 0 aliphatic carbocycles. The van der Waals surface area contributed by atoms with Crippen molar-refractivity contribution in [3.8, 4) is 5.69 Å². The van der Waals surface area contributed by atoms with Crippen LogP contribution in [0.4, 0.5) is 0 Å². The van der Waals surface area contributed by atoms with Gasteiger partial charge < -0.3 is 0 Å². The Morgan fingerprint density at radius 2 is 2.19 bits per heavy atom. The Hall–Kier alpha value is -1.82. The predicted octanol–water partition coefficient (Wildman–Crippen LogP) is 1.97. The number of aromatic nitrogens is 5. The van der Waals surface area contributed by atoms with Gasteiger partial charge in [0, 0.05) is 16.9 Å². The quantitative estimate of drug-likeness (QED) is 0.682. The fraction of sp³-hybridized carbons (Fsp3) is 0. The second kappa shape index (κ2) is 3.64. The van der Waals surface area contributed by atoms with E-state index in [0.29, 0.717) is 0 Å². The minimum atomic E-state index is 0.802. The monoisotopic (exact) mass is 275 g/mol. The molecular weight excluding hydrogens is 270 g/mol. The summed E-state index contributed by atoms with van der Waals surface area (Å²) in [6.07, 6.45) is 6.60. The van der Waals surface area contributed by atoms with E-state index in [1.165, 1.54) is 6.33 Å². The molecule has 0 radical (unpaired) electrons. The summed E-state index contributed by atoms with van der Waals surface area (Å²) in [6.45, 7) is 0. The van der Waals surface area contributed by atoms with Gasteiger partial charge in [0.2, 0.25) is 0 Å². The largest absolute Gasteiger partial charge is 0.254 e. The molecule has 0 spiro atoms. The average molecular weight is 276 g/mol. The first-order valence-electron chi connectivity index (χ1n) is 4.60. The van der Waals surface area contributed by atoms with Gasteiger partial charge in [-0.2, -0.15) is 5.10 Å². The van der Waals surface area contributed by atoms with Crippen LogP contribution in [-0.2, 0) is 0 Å². The maximum Gasteiger partial charge on any atom is 0.138 e. The maximum atomic E-state index is 4.34. The maximum absolute atomic E-state index is 4.34. The Kier molecular flexibility index (Phi) is 2.14. The van der Waals surface area contributed by atoms with Crippen molar-refractivity contribution in [3.05, 3.63) is 41.7 Å². The van der Waals surface area contributed by atoms with Crippen LogP contribution in [0.5, 0.6) is 0 Å². The number of hydrogen-bond acceptors (Lipinski definition) is 4. The minimum Gasteiger partial charge on any atom is -0.254 e. The van der Waals surface area contributed by atoms with E-state index in [-0.39, 0.29) is 0 Å². The van der Waals surface area contributed by atoms with E-state index in [9.17, 15) is 0 Å². The summed E-state index contributed by atoms with van der Waals surface area (Å²) in [5.74, 6) is 0. The number of hydrogen-bond donors (Lipinski definition) is 0. The highest BCUT2D eigenvalue weighted by Crippen LogP contribution is 2.20. The molecule has 0 saturated carbocycles. The average Bonchev–Trinajstić information content (AvgIpc) is 2.81. The number of fused-ring (bicyclic) bond motifs is 1. The third-order valence-corrected chi connectivity index (χ3v) is 2.62. The van der Waals surface area contributed by atoms with E-state index in [1.54, 1.807) is 23.4 Å². The summed E-state index contributed by atoms with van der Waals surface area (Å²) in [7, 11) is 0. The van der Waals surface area contributed by atoms with Crippen LogP contribution in [0.3, 0.4) is 0 Å². The molecule has 0 aromatic carbocycles. The zero-order valence-electron chi connectivity index (χ0n) is 8.08. The molecule has 0 fully saturated rings. The van der Waals surface area contributed by atoms with E-state index < -0.39 is 0 Å². The molecule has 3 rings (SSSR count). The standard InChI is InChI=1S/C10H6BrN5/c11-7-3-8-10(14-4-7)9(1-2-13-8)16-6-12-5-15-16/h1-6H. The lowest BCUT2D eigenvalue weighted by atomic mass is 10.3. The molecule has 16 heavy (non-hydrogen) atoms. The van der Waals surface area contributed by atoms with Crippen LogP contribution in [0.1, 0.15) is 0 Å². The molecule has 0 bridgehead atoms. The molecule has 3 aromatic rings. The molecule has 78 valence electrons. The molecule has 3 heterocycles. The van der Waals surface area contributed by atoms with Crippen molar-refractivity contribution in [2.75, 3.05) is 0 Å². The molecule has 0 N–H and O–H groups in total. The summed E-state index contributed by atoms with van der Waals surface area (Å²) >= 11 is 3.37. The van der Waals surface area contributed by atoms with Crippen molar-refractivity contribution in [3.63, 3.8) is 0 Å². The summed E-state index contributed by atoms with van der Waals surface area (Å²) < 4.78 is 2.58. The SMILES string of the molecule is Brc1cnc2c(-n3cncn3)ccnc2c1. The van der Waals surface area contributed by atoms with Gasteiger partial charge in [-0.05, 0) is 28.1 Å². The number of pyridine rings is 2. The normalized spacial score (nSPS) is 10.8. The first-order chi connectivity index (χ1) is 7.84. The highest BCUT2D eigenvalue weighted by Gasteiger charge is 2.05. The Labute approximate surface area is 99.3 Å². The van der Waals surface area contributed by atoms with Crippen LogP contribution >= 0.6 is 15.9 Å². The van der Waals surface area contributed by atoms with Crippen LogP contribution in [0.15, 0.2) is 41.7 Å². The Balaban J connectivity index is 2.34. The van der Waals surface area contributed by atoms with Crippen LogP contribution in [-0.4, -0.2) is 24.7 Å². The molecule has 0 aliphatic heterocycles. The smallest absolute Gasteiger partial charge is 0.138 e. The lowest BCUT2D eigenvalue weighted by Crippen LogP contribution is -1.97. The Bertz CT molecular complexity index is 635. The molecule has 0 atom stereocenters. The van der Waals surface area contributed by atoms with Gasteiger partial charge in [0.1, 0.15) is 18.2 Å². The van der Waals surface area contributed by atoms with E-state index in [1.807, 2.05) is 12.1 Å². The van der Waals surface area contributed by atoms with Crippen molar-refractivity contribution in [1.29, 1.82) is 0 Å². The second-order valence-electron chi connectivity index (χ2n) is 3.19. The van der Waals surface area contributed by atoms with Crippen molar-refractivity contribution in [1.82, 2.24) is 24.7 Å². The highest BCUT2D eigenvalue weighted by molar-refractivity contribution is 9.10. The van der Waals surface area contributed by atoms with Gasteiger partial charge in [0.25, 0.3) is 0 Å². The fourth-order valence-electron chi connectivity index (χ4n) is 1.51. The second-order valence-corrected chi connectivity index (χ2v) is 4.11. The first-order valence-corrected chi connectivity index (χ1v) is 5.39. The lowest BCUT2D eigenvalue weighted by Gasteiger charge is -2.04. The number of halogens is 1. The lowest BCUT2D eigenvalue weighted by molar-refractivity contribution is 0.881. The van der Waals surface area contributed by atoms with Crippen molar-refractivity contribution in [2.45, 2.75) is 0 Å². The van der Waals surface area contributed by atoms with Gasteiger partial charge in [-0.1, -0.05) is 0 Å². The summed E-state index contributed by atoms with van der Waals surface area (Å²) in [6, 6.07) is 3.78. The zero-order valence-corrected chi connectivity index (χ0v) is 9.66. The van der Waals surface area contributed by atoms with Crippen molar-refractivity contribution < 1.29 is 0 Å². The zero-order chi connectivity index (χ0) is 11.0. The van der Waals surface area contributed by atoms with Crippen molar-refractivity contribution in [2.24, 2.45) is 0 Å². The molecule has 0 amide bonds. The van der Waals surface area contributed by atoms with Gasteiger partial charge in [-0.3, -0.25) is 9.97 Å². The molecule has 0 aliphatic rings. The topological polar surface area (TPSA) is 56.5 Å². The first kappa shape index (κ1) is 9.41. The Morgan fingerprint density at radius 1 is 1.25 bits per heavy atom. The van der Waals surface area contributed by atoms with Crippen molar-refractivity contribution >= 4 is 27.0 Å². The van der Waals surface area contributed by atoms with E-state index in [2.05, 4.69) is 36.0 Å². The molecule has 0 saturated heterocycles. The summed E-state index contributed by atoms with van der Waals surface area (Å²) in [5.41, 5.74) is 2.49. The van der Waals surface area contributed by atoms with Gasteiger partial charge in [0.15, 0.2) is 0 Å². The van der Waals surface area contributed by atoms with Gasteiger partial charge >= 0.3 is 0 Å². The minimum absolute atomic E-state index is 0.802. The molecule has 5 nitrogen and oxygen atoms in total. The van der Waals surface area contributed by atoms with Crippen LogP contribution in [0.25, 0.3) is 16.7 Å². The van der Waals surface area contributed by atoms with Gasteiger partial charge in [0.05, 0.1) is 11.2 Å². The predicted molar refractivity (Wildman–Crippen MR) is 62.2 cm³/mol. The van der Waals surface area contributed by atoms with E-state index in [4.69, 9.17) is 0 Å². The summed E-state index contributed by atoms with van der Waals surface area (Å²) in [5, 5.41) is 4.09. The molecule has 0 unspecified atom stereocenters.